The molecule has 0 aromatic heterocycles. The topological polar surface area (TPSA) is 70.6 Å². The molecule has 1 unspecified atom stereocenters. The lowest BCUT2D eigenvalue weighted by molar-refractivity contribution is -0.0167. The summed E-state index contributed by atoms with van der Waals surface area (Å²) in [5, 5.41) is 11.6. The number of rotatable bonds is 7. The first-order chi connectivity index (χ1) is 12.3. The molecule has 0 heterocycles. The third kappa shape index (κ3) is 5.60. The average Bonchev–Trinajstić information content (AvgIpc) is 2.58. The van der Waals surface area contributed by atoms with E-state index >= 15 is 0 Å². The van der Waals surface area contributed by atoms with E-state index in [1.165, 1.54) is 18.2 Å². The highest BCUT2D eigenvalue weighted by Crippen LogP contribution is 2.29. The molecule has 3 N–H and O–H groups in total. The van der Waals surface area contributed by atoms with Crippen molar-refractivity contribution >= 4 is 55.8 Å². The summed E-state index contributed by atoms with van der Waals surface area (Å²) < 4.78 is 28.8. The molecule has 1 atom stereocenters. The van der Waals surface area contributed by atoms with Gasteiger partial charge in [0.2, 0.25) is 0 Å². The number of benzene rings is 2. The van der Waals surface area contributed by atoms with Crippen molar-refractivity contribution in [1.29, 1.82) is 0 Å². The third-order valence-corrected chi connectivity index (χ3v) is 4.67. The van der Waals surface area contributed by atoms with Gasteiger partial charge in [-0.2, -0.15) is 0 Å². The summed E-state index contributed by atoms with van der Waals surface area (Å²) >= 11 is 5.00. The zero-order valence-corrected chi connectivity index (χ0v) is 17.4. The molecular formula is C17H16BrF2IN2O3. The van der Waals surface area contributed by atoms with Gasteiger partial charge in [0.05, 0.1) is 27.5 Å². The van der Waals surface area contributed by atoms with Crippen molar-refractivity contribution in [2.45, 2.75) is 19.4 Å². The van der Waals surface area contributed by atoms with Crippen molar-refractivity contribution in [3.8, 4) is 0 Å². The fraction of sp³-hybridized carbons (Fsp3) is 0.235. The average molecular weight is 541 g/mol. The van der Waals surface area contributed by atoms with Gasteiger partial charge in [0.15, 0.2) is 0 Å². The maximum atomic E-state index is 14.1. The largest absolute Gasteiger partial charge is 0.396 e. The fourth-order valence-electron chi connectivity index (χ4n) is 2.02. The molecule has 0 fully saturated rings. The first-order valence-corrected chi connectivity index (χ1v) is 9.47. The second kappa shape index (κ2) is 9.58. The van der Waals surface area contributed by atoms with Crippen LogP contribution in [-0.2, 0) is 4.84 Å². The molecule has 2 aromatic carbocycles. The van der Waals surface area contributed by atoms with Gasteiger partial charge in [-0.25, -0.2) is 14.3 Å². The van der Waals surface area contributed by atoms with Crippen molar-refractivity contribution in [2.75, 3.05) is 11.9 Å². The minimum atomic E-state index is -0.635. The molecule has 5 nitrogen and oxygen atoms in total. The Labute approximate surface area is 171 Å². The molecule has 0 aliphatic heterocycles. The fourth-order valence-corrected chi connectivity index (χ4v) is 2.82. The molecule has 2 aromatic rings. The lowest BCUT2D eigenvalue weighted by atomic mass is 10.1. The summed E-state index contributed by atoms with van der Waals surface area (Å²) in [7, 11) is 0. The van der Waals surface area contributed by atoms with Crippen molar-refractivity contribution in [1.82, 2.24) is 5.48 Å². The van der Waals surface area contributed by atoms with Gasteiger partial charge in [-0.1, -0.05) is 0 Å². The number of carbonyl (C=O) groups excluding carboxylic acids is 1. The standard InChI is InChI=1S/C17H16BrF2IN2O3/c1-9(4-5-24)26-23-17(25)11-7-12(18)13(19)8-16(11)22-15-3-2-10(21)6-14(15)20/h2-3,6-9,22,24H,4-5H2,1H3,(H,23,25). The number of carbonyl (C=O) groups is 1. The molecule has 0 saturated carbocycles. The van der Waals surface area contributed by atoms with Crippen LogP contribution >= 0.6 is 38.5 Å². The molecular weight excluding hydrogens is 525 g/mol. The Kier molecular flexibility index (Phi) is 7.74. The maximum absolute atomic E-state index is 14.1. The molecule has 0 aliphatic carbocycles. The Morgan fingerprint density at radius 3 is 2.65 bits per heavy atom. The molecule has 2 rings (SSSR count). The monoisotopic (exact) mass is 540 g/mol. The van der Waals surface area contributed by atoms with E-state index in [1.54, 1.807) is 13.0 Å². The summed E-state index contributed by atoms with van der Waals surface area (Å²) in [6.45, 7) is 1.59. The lowest BCUT2D eigenvalue weighted by Gasteiger charge is -2.16. The van der Waals surface area contributed by atoms with E-state index in [0.717, 1.165) is 6.07 Å². The molecule has 0 saturated heterocycles. The number of halogens is 4. The quantitative estimate of drug-likeness (QED) is 0.357. The number of hydroxylamine groups is 1. The summed E-state index contributed by atoms with van der Waals surface area (Å²) in [5.74, 6) is -1.77. The Hall–Kier alpha value is -1.30. The Morgan fingerprint density at radius 2 is 2.00 bits per heavy atom. The van der Waals surface area contributed by atoms with Crippen LogP contribution in [0.25, 0.3) is 0 Å². The van der Waals surface area contributed by atoms with Crippen LogP contribution < -0.4 is 10.8 Å². The molecule has 0 spiro atoms. The summed E-state index contributed by atoms with van der Waals surface area (Å²) in [5.41, 5.74) is 2.51. The van der Waals surface area contributed by atoms with Crippen LogP contribution in [-0.4, -0.2) is 23.7 Å². The van der Waals surface area contributed by atoms with E-state index in [1.807, 2.05) is 22.6 Å². The van der Waals surface area contributed by atoms with E-state index in [-0.39, 0.29) is 28.0 Å². The van der Waals surface area contributed by atoms with Crippen molar-refractivity contribution in [3.05, 3.63) is 55.6 Å². The van der Waals surface area contributed by atoms with Crippen LogP contribution in [0.3, 0.4) is 0 Å². The van der Waals surface area contributed by atoms with Crippen molar-refractivity contribution in [3.63, 3.8) is 0 Å². The first kappa shape index (κ1) is 21.0. The molecule has 0 radical (unpaired) electrons. The van der Waals surface area contributed by atoms with Gasteiger partial charge in [0, 0.05) is 10.2 Å². The highest BCUT2D eigenvalue weighted by molar-refractivity contribution is 14.1. The minimum absolute atomic E-state index is 0.0624. The van der Waals surface area contributed by atoms with E-state index in [2.05, 4.69) is 26.7 Å². The van der Waals surface area contributed by atoms with Gasteiger partial charge < -0.3 is 10.4 Å². The second-order valence-electron chi connectivity index (χ2n) is 5.43. The normalized spacial score (nSPS) is 11.9. The first-order valence-electron chi connectivity index (χ1n) is 7.59. The summed E-state index contributed by atoms with van der Waals surface area (Å²) in [6, 6.07) is 6.86. The van der Waals surface area contributed by atoms with Crippen LogP contribution in [0, 0.1) is 15.2 Å². The van der Waals surface area contributed by atoms with Gasteiger partial charge in [0.25, 0.3) is 5.91 Å². The number of nitrogens with one attached hydrogen (secondary N) is 2. The second-order valence-corrected chi connectivity index (χ2v) is 7.53. The molecule has 1 amide bonds. The predicted octanol–water partition coefficient (Wildman–Crippen LogP) is 4.51. The molecule has 0 bridgehead atoms. The summed E-state index contributed by atoms with van der Waals surface area (Å²) in [4.78, 5) is 17.5. The highest BCUT2D eigenvalue weighted by atomic mass is 127. The van der Waals surface area contributed by atoms with Gasteiger partial charge >= 0.3 is 0 Å². The predicted molar refractivity (Wildman–Crippen MR) is 106 cm³/mol. The smallest absolute Gasteiger partial charge is 0.277 e. The van der Waals surface area contributed by atoms with Gasteiger partial charge in [-0.3, -0.25) is 9.63 Å². The van der Waals surface area contributed by atoms with Gasteiger partial charge in [0.1, 0.15) is 11.6 Å². The molecule has 26 heavy (non-hydrogen) atoms. The zero-order valence-electron chi connectivity index (χ0n) is 13.7. The number of aliphatic hydroxyl groups is 1. The lowest BCUT2D eigenvalue weighted by Crippen LogP contribution is -2.29. The van der Waals surface area contributed by atoms with E-state index in [9.17, 15) is 13.6 Å². The highest BCUT2D eigenvalue weighted by Gasteiger charge is 2.17. The van der Waals surface area contributed by atoms with Gasteiger partial charge in [-0.15, -0.1) is 0 Å². The summed E-state index contributed by atoms with van der Waals surface area (Å²) in [6.07, 6.45) is -0.0651. The zero-order chi connectivity index (χ0) is 19.3. The number of hydrogen-bond donors (Lipinski definition) is 3. The Bertz CT molecular complexity index is 808. The van der Waals surface area contributed by atoms with E-state index in [0.29, 0.717) is 9.99 Å². The van der Waals surface area contributed by atoms with Crippen LogP contribution in [0.4, 0.5) is 20.2 Å². The molecule has 9 heteroatoms. The van der Waals surface area contributed by atoms with Crippen LogP contribution in [0.15, 0.2) is 34.8 Å². The van der Waals surface area contributed by atoms with Crippen molar-refractivity contribution < 1.29 is 23.5 Å². The molecule has 140 valence electrons. The van der Waals surface area contributed by atoms with Crippen LogP contribution in [0.5, 0.6) is 0 Å². The number of anilines is 2. The molecule has 0 aliphatic rings. The number of hydrogen-bond acceptors (Lipinski definition) is 4. The van der Waals surface area contributed by atoms with Gasteiger partial charge in [-0.05, 0) is 82.2 Å². The van der Waals surface area contributed by atoms with E-state index in [4.69, 9.17) is 9.94 Å². The number of amides is 1. The van der Waals surface area contributed by atoms with Crippen molar-refractivity contribution in [2.24, 2.45) is 0 Å². The Balaban J connectivity index is 2.28. The number of aliphatic hydroxyl groups excluding tert-OH is 1. The third-order valence-electron chi connectivity index (χ3n) is 3.39. The SMILES string of the molecule is CC(CCO)ONC(=O)c1cc(Br)c(F)cc1Nc1ccc(I)cc1F. The van der Waals surface area contributed by atoms with E-state index < -0.39 is 23.6 Å². The van der Waals surface area contributed by atoms with Crippen LogP contribution in [0.2, 0.25) is 0 Å². The Morgan fingerprint density at radius 1 is 1.27 bits per heavy atom. The maximum Gasteiger partial charge on any atom is 0.277 e. The van der Waals surface area contributed by atoms with Crippen LogP contribution in [0.1, 0.15) is 23.7 Å². The minimum Gasteiger partial charge on any atom is -0.396 e.